The Labute approximate surface area is 161 Å². The van der Waals surface area contributed by atoms with Gasteiger partial charge in [0, 0.05) is 31.6 Å². The minimum Gasteiger partial charge on any atom is -0.462 e. The van der Waals surface area contributed by atoms with Gasteiger partial charge in [0.2, 0.25) is 0 Å². The van der Waals surface area contributed by atoms with E-state index in [1.165, 1.54) is 13.8 Å². The van der Waals surface area contributed by atoms with Crippen LogP contribution in [0.5, 0.6) is 0 Å². The van der Waals surface area contributed by atoms with E-state index in [-0.39, 0.29) is 11.8 Å². The molecule has 0 heterocycles. The number of hydrogen-bond acceptors (Lipinski definition) is 6. The van der Waals surface area contributed by atoms with Gasteiger partial charge in [-0.25, -0.2) is 0 Å². The van der Waals surface area contributed by atoms with E-state index in [4.69, 9.17) is 14.2 Å². The third-order valence-electron chi connectivity index (χ3n) is 4.43. The van der Waals surface area contributed by atoms with Crippen LogP contribution < -0.4 is 0 Å². The van der Waals surface area contributed by atoms with Crippen LogP contribution in [0.2, 0.25) is 0 Å². The molecular formula is C21H30O6. The summed E-state index contributed by atoms with van der Waals surface area (Å²) in [5, 5.41) is 0. The largest absolute Gasteiger partial charge is 0.462 e. The summed E-state index contributed by atoms with van der Waals surface area (Å²) >= 11 is 0. The lowest BCUT2D eigenvalue weighted by molar-refractivity contribution is -0.166. The molecule has 0 spiro atoms. The van der Waals surface area contributed by atoms with Crippen molar-refractivity contribution in [2.45, 2.75) is 53.4 Å². The molecule has 1 aromatic rings. The number of carbonyl (C=O) groups is 3. The number of ether oxygens (including phenoxy) is 3. The van der Waals surface area contributed by atoms with Gasteiger partial charge in [-0.1, -0.05) is 51.1 Å². The minimum absolute atomic E-state index is 0.149. The Morgan fingerprint density at radius 3 is 2.04 bits per heavy atom. The molecule has 0 aliphatic heterocycles. The Bertz CT molecular complexity index is 600. The molecule has 27 heavy (non-hydrogen) atoms. The van der Waals surface area contributed by atoms with Crippen LogP contribution in [0.3, 0.4) is 0 Å². The zero-order chi connectivity index (χ0) is 20.4. The number of benzene rings is 1. The molecule has 0 aliphatic carbocycles. The van der Waals surface area contributed by atoms with Crippen molar-refractivity contribution >= 4 is 18.2 Å². The zero-order valence-corrected chi connectivity index (χ0v) is 16.7. The third kappa shape index (κ3) is 7.91. The van der Waals surface area contributed by atoms with Crippen LogP contribution in [0.1, 0.15) is 40.2 Å². The Hall–Kier alpha value is -2.21. The Morgan fingerprint density at radius 1 is 0.963 bits per heavy atom. The van der Waals surface area contributed by atoms with Crippen molar-refractivity contribution in [2.75, 3.05) is 6.61 Å². The maximum Gasteiger partial charge on any atom is 0.302 e. The second-order valence-corrected chi connectivity index (χ2v) is 6.98. The van der Waals surface area contributed by atoms with Gasteiger partial charge in [0.05, 0.1) is 13.2 Å². The average Bonchev–Trinajstić information content (AvgIpc) is 2.63. The second kappa shape index (κ2) is 11.5. The van der Waals surface area contributed by atoms with Gasteiger partial charge >= 0.3 is 11.9 Å². The number of esters is 2. The summed E-state index contributed by atoms with van der Waals surface area (Å²) in [6.07, 6.45) is -0.489. The molecule has 0 aromatic heterocycles. The highest BCUT2D eigenvalue weighted by Crippen LogP contribution is 2.27. The standard InChI is InChI=1S/C21H30O6/c1-14(11-22)20(26-17(4)23)16(3)21(27-18(5)24)15(2)12-25-13-19-9-7-6-8-10-19/h6-11,14-16,20-21H,12-13H2,1-5H3/t14-,15-,16-,20-,21+/m1/s1. The first-order valence-electron chi connectivity index (χ1n) is 9.17. The van der Waals surface area contributed by atoms with Crippen molar-refractivity contribution in [2.24, 2.45) is 17.8 Å². The predicted molar refractivity (Wildman–Crippen MR) is 101 cm³/mol. The van der Waals surface area contributed by atoms with Gasteiger partial charge in [0.15, 0.2) is 0 Å². The molecule has 0 radical (unpaired) electrons. The molecule has 5 atom stereocenters. The van der Waals surface area contributed by atoms with Gasteiger partial charge < -0.3 is 19.0 Å². The summed E-state index contributed by atoms with van der Waals surface area (Å²) < 4.78 is 16.6. The molecule has 0 saturated heterocycles. The van der Waals surface area contributed by atoms with Gasteiger partial charge in [0.1, 0.15) is 18.5 Å². The molecule has 0 fully saturated rings. The van der Waals surface area contributed by atoms with Crippen molar-refractivity contribution in [1.82, 2.24) is 0 Å². The average molecular weight is 378 g/mol. The number of aldehydes is 1. The quantitative estimate of drug-likeness (QED) is 0.435. The number of hydrogen-bond donors (Lipinski definition) is 0. The molecule has 1 rings (SSSR count). The summed E-state index contributed by atoms with van der Waals surface area (Å²) in [4.78, 5) is 34.3. The lowest BCUT2D eigenvalue weighted by atomic mass is 9.84. The number of carbonyl (C=O) groups excluding carboxylic acids is 3. The summed E-state index contributed by atoms with van der Waals surface area (Å²) in [5.41, 5.74) is 1.05. The first-order chi connectivity index (χ1) is 12.8. The Balaban J connectivity index is 2.82. The van der Waals surface area contributed by atoms with E-state index in [2.05, 4.69) is 0 Å². The van der Waals surface area contributed by atoms with E-state index in [0.717, 1.165) is 11.8 Å². The summed E-state index contributed by atoms with van der Waals surface area (Å²) in [6.45, 7) is 8.84. The van der Waals surface area contributed by atoms with Gasteiger partial charge in [-0.3, -0.25) is 9.59 Å². The highest BCUT2D eigenvalue weighted by atomic mass is 16.6. The molecule has 6 nitrogen and oxygen atoms in total. The van der Waals surface area contributed by atoms with Gasteiger partial charge in [-0.15, -0.1) is 0 Å². The first-order valence-corrected chi connectivity index (χ1v) is 9.17. The van der Waals surface area contributed by atoms with Crippen molar-refractivity contribution in [3.63, 3.8) is 0 Å². The fourth-order valence-electron chi connectivity index (χ4n) is 3.11. The lowest BCUT2D eigenvalue weighted by Gasteiger charge is -2.34. The summed E-state index contributed by atoms with van der Waals surface area (Å²) in [7, 11) is 0. The molecule has 1 aromatic carbocycles. The fraction of sp³-hybridized carbons (Fsp3) is 0.571. The smallest absolute Gasteiger partial charge is 0.302 e. The summed E-state index contributed by atoms with van der Waals surface area (Å²) in [5.74, 6) is -1.94. The van der Waals surface area contributed by atoms with Crippen LogP contribution in [0, 0.1) is 17.8 Å². The van der Waals surface area contributed by atoms with E-state index in [0.29, 0.717) is 13.2 Å². The Kier molecular flexibility index (Phi) is 9.72. The molecule has 0 bridgehead atoms. The third-order valence-corrected chi connectivity index (χ3v) is 4.43. The number of rotatable bonds is 11. The SMILES string of the molecule is CC(=O)O[C@H]([C@H](C)[C@H](OC(C)=O)[C@H](C)C=O)[C@H](C)COCc1ccccc1. The van der Waals surface area contributed by atoms with Crippen molar-refractivity contribution < 1.29 is 28.6 Å². The van der Waals surface area contributed by atoms with E-state index in [1.807, 2.05) is 44.2 Å². The molecule has 0 unspecified atom stereocenters. The molecule has 0 saturated carbocycles. The second-order valence-electron chi connectivity index (χ2n) is 6.98. The van der Waals surface area contributed by atoms with Gasteiger partial charge in [-0.2, -0.15) is 0 Å². The lowest BCUT2D eigenvalue weighted by Crippen LogP contribution is -2.43. The van der Waals surface area contributed by atoms with Crippen LogP contribution in [0.25, 0.3) is 0 Å². The highest BCUT2D eigenvalue weighted by Gasteiger charge is 2.37. The van der Waals surface area contributed by atoms with Crippen molar-refractivity contribution in [1.29, 1.82) is 0 Å². The molecular weight excluding hydrogens is 348 g/mol. The normalized spacial score (nSPS) is 16.5. The van der Waals surface area contributed by atoms with Gasteiger partial charge in [0.25, 0.3) is 0 Å². The summed E-state index contributed by atoms with van der Waals surface area (Å²) in [6, 6.07) is 9.76. The fourth-order valence-corrected chi connectivity index (χ4v) is 3.11. The van der Waals surface area contributed by atoms with Crippen LogP contribution in [-0.4, -0.2) is 37.0 Å². The van der Waals surface area contributed by atoms with E-state index >= 15 is 0 Å². The van der Waals surface area contributed by atoms with Crippen molar-refractivity contribution in [3.8, 4) is 0 Å². The minimum atomic E-state index is -0.680. The molecule has 0 amide bonds. The van der Waals surface area contributed by atoms with Gasteiger partial charge in [-0.05, 0) is 5.56 Å². The van der Waals surface area contributed by atoms with E-state index in [9.17, 15) is 14.4 Å². The Morgan fingerprint density at radius 2 is 1.52 bits per heavy atom. The maximum atomic E-state index is 11.6. The van der Waals surface area contributed by atoms with E-state index in [1.54, 1.807) is 6.92 Å². The molecule has 150 valence electrons. The monoisotopic (exact) mass is 378 g/mol. The maximum absolute atomic E-state index is 11.6. The topological polar surface area (TPSA) is 78.9 Å². The molecule has 6 heteroatoms. The zero-order valence-electron chi connectivity index (χ0n) is 16.7. The predicted octanol–water partition coefficient (Wildman–Crippen LogP) is 3.17. The molecule has 0 aliphatic rings. The van der Waals surface area contributed by atoms with Crippen LogP contribution in [-0.2, 0) is 35.2 Å². The molecule has 0 N–H and O–H groups in total. The van der Waals surface area contributed by atoms with Crippen LogP contribution in [0.4, 0.5) is 0 Å². The van der Waals surface area contributed by atoms with Crippen molar-refractivity contribution in [3.05, 3.63) is 35.9 Å². The van der Waals surface area contributed by atoms with Crippen LogP contribution in [0.15, 0.2) is 30.3 Å². The highest BCUT2D eigenvalue weighted by molar-refractivity contribution is 5.67. The first kappa shape index (κ1) is 22.8. The van der Waals surface area contributed by atoms with E-state index < -0.39 is 30.1 Å². The van der Waals surface area contributed by atoms with Crippen LogP contribution >= 0.6 is 0 Å².